The number of benzene rings is 1. The smallest absolute Gasteiger partial charge is 0.256 e. The first kappa shape index (κ1) is 24.3. The highest BCUT2D eigenvalue weighted by Crippen LogP contribution is 2.42. The number of aromatic nitrogens is 4. The van der Waals surface area contributed by atoms with E-state index in [9.17, 15) is 4.79 Å². The van der Waals surface area contributed by atoms with Gasteiger partial charge < -0.3 is 20.2 Å². The van der Waals surface area contributed by atoms with Crippen LogP contribution in [0.2, 0.25) is 19.5 Å². The summed E-state index contributed by atoms with van der Waals surface area (Å²) in [4.78, 5) is 28.7. The highest BCUT2D eigenvalue weighted by molar-refractivity contribution is 6.74. The molecule has 12 nitrogen and oxygen atoms in total. The van der Waals surface area contributed by atoms with Crippen molar-refractivity contribution >= 4 is 31.2 Å². The Morgan fingerprint density at radius 3 is 2.75 bits per heavy atom. The number of hydrogen-bond donors (Lipinski definition) is 2. The molecule has 0 radical (unpaired) electrons. The van der Waals surface area contributed by atoms with Gasteiger partial charge in [0.2, 0.25) is 0 Å². The van der Waals surface area contributed by atoms with Crippen LogP contribution in [0, 0.1) is 0 Å². The van der Waals surface area contributed by atoms with E-state index < -0.39 is 32.8 Å². The van der Waals surface area contributed by atoms with Crippen LogP contribution in [0.25, 0.3) is 21.6 Å². The van der Waals surface area contributed by atoms with E-state index in [1.165, 1.54) is 6.33 Å². The second kappa shape index (κ2) is 9.95. The topological polar surface area (TPSA) is 166 Å². The number of azide groups is 1. The van der Waals surface area contributed by atoms with Crippen molar-refractivity contribution in [3.63, 3.8) is 0 Å². The molecule has 1 aliphatic rings. The second-order valence-electron chi connectivity index (χ2n) is 10.2. The molecular formula is C23H31N9O3Si. The number of carbonyl (C=O) groups is 1. The molecule has 2 aromatic heterocycles. The summed E-state index contributed by atoms with van der Waals surface area (Å²) in [6.07, 6.45) is 0.989. The van der Waals surface area contributed by atoms with Crippen LogP contribution in [-0.2, 0) is 9.16 Å². The summed E-state index contributed by atoms with van der Waals surface area (Å²) in [6, 6.07) is 8.24. The molecule has 0 spiro atoms. The molecule has 4 rings (SSSR count). The van der Waals surface area contributed by atoms with Gasteiger partial charge in [0.05, 0.1) is 25.0 Å². The molecule has 3 heterocycles. The Balaban J connectivity index is 1.72. The summed E-state index contributed by atoms with van der Waals surface area (Å²) < 4.78 is 22.8. The standard InChI is InChI=1S/C23H31N9O3Si/c1-23(2,3)36(4,5)35-18-16(24)15(11-29-31-25)34-22(18)32-13-28-17-19(26-12-27-20(17)32)30-21(33)14-9-7-6-8-10-14/h6-10,12-13,15-16,18,22H,11,24H2,1-5H3,(H,26,27,30,33)/t15-,16-,18?,22-/m1/s1/i/hT. The van der Waals surface area contributed by atoms with Crippen LogP contribution in [0.5, 0.6) is 0 Å². The Morgan fingerprint density at radius 1 is 1.33 bits per heavy atom. The Labute approximate surface area is 211 Å². The predicted molar refractivity (Wildman–Crippen MR) is 138 cm³/mol. The highest BCUT2D eigenvalue weighted by Gasteiger charge is 2.49. The van der Waals surface area contributed by atoms with Crippen molar-refractivity contribution in [3.8, 4) is 0 Å². The maximum absolute atomic E-state index is 12.7. The minimum Gasteiger partial charge on any atom is -0.408 e. The molecule has 4 atom stereocenters. The number of amides is 1. The molecule has 1 aliphatic heterocycles. The monoisotopic (exact) mass is 511 g/mol. The number of carbonyl (C=O) groups excluding carboxylic acids is 1. The fourth-order valence-corrected chi connectivity index (χ4v) is 5.07. The van der Waals surface area contributed by atoms with E-state index in [4.69, 9.17) is 16.1 Å². The van der Waals surface area contributed by atoms with Crippen molar-refractivity contribution in [2.75, 3.05) is 11.9 Å². The Kier molecular flexibility index (Phi) is 6.73. The molecule has 190 valence electrons. The van der Waals surface area contributed by atoms with Gasteiger partial charge >= 0.3 is 0 Å². The fraction of sp³-hybridized carbons (Fsp3) is 0.478. The van der Waals surface area contributed by atoms with Gasteiger partial charge in [-0.25, -0.2) is 15.0 Å². The zero-order valence-electron chi connectivity index (χ0n) is 21.9. The number of rotatable bonds is 8. The van der Waals surface area contributed by atoms with E-state index in [0.717, 1.165) is 0 Å². The molecule has 1 amide bonds. The number of anilines is 1. The Morgan fingerprint density at radius 2 is 2.08 bits per heavy atom. The first-order chi connectivity index (χ1) is 17.6. The third-order valence-corrected chi connectivity index (χ3v) is 11.3. The summed E-state index contributed by atoms with van der Waals surface area (Å²) in [5, 5.41) is 6.38. The highest BCUT2D eigenvalue weighted by atomic mass is 28.4. The molecule has 0 aliphatic carbocycles. The minimum atomic E-state index is -2.31. The van der Waals surface area contributed by atoms with Gasteiger partial charge in [0, 0.05) is 10.5 Å². The molecule has 3 aromatic rings. The van der Waals surface area contributed by atoms with Crippen LogP contribution < -0.4 is 11.0 Å². The number of nitrogens with two attached hydrogens (primary N) is 1. The number of nitrogens with zero attached hydrogens (tertiary/aromatic N) is 7. The SMILES string of the molecule is [3H]N[C@H]1C(O[Si](C)(C)C(C)(C)C)[C@H](n2cnc3c(NC(=O)c4ccccc4)ncnc32)O[C@@H]1CN=[N+]=[N-]. The predicted octanol–water partition coefficient (Wildman–Crippen LogP) is 4.00. The second-order valence-corrected chi connectivity index (χ2v) is 15.0. The van der Waals surface area contributed by atoms with Crippen LogP contribution in [0.3, 0.4) is 0 Å². The molecule has 3 N–H and O–H groups in total. The van der Waals surface area contributed by atoms with Gasteiger partial charge in [0.1, 0.15) is 13.8 Å². The minimum absolute atomic E-state index is 0.0287. The molecular weight excluding hydrogens is 478 g/mol. The summed E-state index contributed by atoms with van der Waals surface area (Å²) >= 11 is 0. The van der Waals surface area contributed by atoms with Crippen LogP contribution in [0.15, 0.2) is 48.1 Å². The van der Waals surface area contributed by atoms with Crippen molar-refractivity contribution < 1.29 is 15.4 Å². The Bertz CT molecular complexity index is 1310. The van der Waals surface area contributed by atoms with Crippen molar-refractivity contribution in [2.45, 2.75) is 63.4 Å². The summed E-state index contributed by atoms with van der Waals surface area (Å²) in [5.74, 6) is -0.0578. The molecule has 36 heavy (non-hydrogen) atoms. The fourth-order valence-electron chi connectivity index (χ4n) is 3.77. The first-order valence-corrected chi connectivity index (χ1v) is 14.5. The third-order valence-electron chi connectivity index (χ3n) is 6.81. The molecule has 1 fully saturated rings. The lowest BCUT2D eigenvalue weighted by Crippen LogP contribution is -2.51. The zero-order valence-corrected chi connectivity index (χ0v) is 21.9. The van der Waals surface area contributed by atoms with Gasteiger partial charge in [0.15, 0.2) is 31.5 Å². The number of fused-ring (bicyclic) bond motifs is 1. The van der Waals surface area contributed by atoms with E-state index in [-0.39, 0.29) is 23.3 Å². The van der Waals surface area contributed by atoms with Crippen LogP contribution >= 0.6 is 0 Å². The van der Waals surface area contributed by atoms with E-state index in [1.807, 2.05) is 6.07 Å². The quantitative estimate of drug-likeness (QED) is 0.199. The molecule has 1 unspecified atom stereocenters. The van der Waals surface area contributed by atoms with Crippen molar-refractivity contribution in [3.05, 3.63) is 59.0 Å². The lowest BCUT2D eigenvalue weighted by molar-refractivity contribution is -0.0285. The third kappa shape index (κ3) is 4.97. The van der Waals surface area contributed by atoms with Crippen LogP contribution in [-0.4, -0.2) is 58.5 Å². The van der Waals surface area contributed by atoms with Gasteiger partial charge in [0.25, 0.3) is 5.91 Å². The molecule has 0 saturated carbocycles. The first-order valence-electron chi connectivity index (χ1n) is 12.1. The van der Waals surface area contributed by atoms with E-state index in [0.29, 0.717) is 16.7 Å². The average molecular weight is 512 g/mol. The maximum Gasteiger partial charge on any atom is 0.256 e. The molecule has 13 heteroatoms. The summed E-state index contributed by atoms with van der Waals surface area (Å²) in [6.45, 7) is 10.7. The molecule has 1 saturated heterocycles. The van der Waals surface area contributed by atoms with Crippen molar-refractivity contribution in [1.82, 2.24) is 19.5 Å². The van der Waals surface area contributed by atoms with Crippen molar-refractivity contribution in [2.24, 2.45) is 10.8 Å². The number of imidazole rings is 1. The lowest BCUT2D eigenvalue weighted by atomic mass is 10.1. The van der Waals surface area contributed by atoms with Gasteiger partial charge in [-0.3, -0.25) is 9.36 Å². The Hall–Kier alpha value is -3.35. The number of nitrogens with one attached hydrogen (secondary N) is 1. The zero-order chi connectivity index (χ0) is 26.8. The van der Waals surface area contributed by atoms with Gasteiger partial charge in [-0.15, -0.1) is 0 Å². The van der Waals surface area contributed by atoms with E-state index in [1.54, 1.807) is 35.2 Å². The van der Waals surface area contributed by atoms with Gasteiger partial charge in [-0.1, -0.05) is 44.1 Å². The average Bonchev–Trinajstić information content (AvgIpc) is 3.43. The lowest BCUT2D eigenvalue weighted by Gasteiger charge is -2.40. The molecule has 0 bridgehead atoms. The van der Waals surface area contributed by atoms with E-state index in [2.05, 4.69) is 69.9 Å². The van der Waals surface area contributed by atoms with Crippen LogP contribution in [0.1, 0.15) is 37.4 Å². The summed E-state index contributed by atoms with van der Waals surface area (Å²) in [7, 11) is -2.31. The van der Waals surface area contributed by atoms with E-state index >= 15 is 0 Å². The van der Waals surface area contributed by atoms with Crippen molar-refractivity contribution in [1.29, 1.82) is 0 Å². The normalized spacial score (nSPS) is 22.8. The number of hydrogen-bond acceptors (Lipinski definition) is 8. The number of ether oxygens (including phenoxy) is 1. The molecule has 1 aromatic carbocycles. The largest absolute Gasteiger partial charge is 0.408 e. The summed E-state index contributed by atoms with van der Waals surface area (Å²) in [5.41, 5.74) is 12.7. The maximum atomic E-state index is 12.7. The van der Waals surface area contributed by atoms with Crippen LogP contribution in [0.4, 0.5) is 5.82 Å². The van der Waals surface area contributed by atoms with Gasteiger partial charge in [-0.2, -0.15) is 0 Å². The van der Waals surface area contributed by atoms with Gasteiger partial charge in [-0.05, 0) is 35.8 Å².